The smallest absolute Gasteiger partial charge is 0.117 e. The molecule has 0 saturated carbocycles. The summed E-state index contributed by atoms with van der Waals surface area (Å²) in [5, 5.41) is 0. The molecule has 3 aromatic carbocycles. The summed E-state index contributed by atoms with van der Waals surface area (Å²) in [5.41, 5.74) is 3.86. The van der Waals surface area contributed by atoms with Crippen LogP contribution in [0.5, 0.6) is 0 Å². The van der Waals surface area contributed by atoms with Gasteiger partial charge in [-0.2, -0.15) is 0 Å². The zero-order valence-corrected chi connectivity index (χ0v) is 20.0. The van der Waals surface area contributed by atoms with Gasteiger partial charge in [-0.25, -0.2) is 4.98 Å². The van der Waals surface area contributed by atoms with E-state index in [0.717, 1.165) is 12.8 Å². The Kier molecular flexibility index (Phi) is 7.78. The summed E-state index contributed by atoms with van der Waals surface area (Å²) >= 11 is 0. The predicted molar refractivity (Wildman–Crippen MR) is 139 cm³/mol. The summed E-state index contributed by atoms with van der Waals surface area (Å²) in [6.07, 6.45) is 11.2. The molecule has 0 N–H and O–H groups in total. The molecule has 33 heavy (non-hydrogen) atoms. The summed E-state index contributed by atoms with van der Waals surface area (Å²) in [7, 11) is 0. The van der Waals surface area contributed by atoms with Crippen LogP contribution in [0.3, 0.4) is 0 Å². The molecule has 0 aliphatic carbocycles. The largest absolute Gasteiger partial charge is 0.304 e. The van der Waals surface area contributed by atoms with Gasteiger partial charge >= 0.3 is 0 Å². The lowest BCUT2D eigenvalue weighted by molar-refractivity contribution is 0.329. The van der Waals surface area contributed by atoms with E-state index in [9.17, 15) is 0 Å². The van der Waals surface area contributed by atoms with Crippen LogP contribution < -0.4 is 0 Å². The van der Waals surface area contributed by atoms with E-state index < -0.39 is 0 Å². The molecule has 1 heterocycles. The fourth-order valence-electron chi connectivity index (χ4n) is 5.15. The van der Waals surface area contributed by atoms with Crippen molar-refractivity contribution in [1.29, 1.82) is 0 Å². The van der Waals surface area contributed by atoms with Gasteiger partial charge < -0.3 is 4.57 Å². The van der Waals surface area contributed by atoms with E-state index in [1.54, 1.807) is 0 Å². The topological polar surface area (TPSA) is 17.8 Å². The van der Waals surface area contributed by atoms with Crippen molar-refractivity contribution in [2.75, 3.05) is 0 Å². The van der Waals surface area contributed by atoms with Gasteiger partial charge in [-0.1, -0.05) is 118 Å². The molecule has 0 radical (unpaired) electrons. The van der Waals surface area contributed by atoms with Gasteiger partial charge in [0.25, 0.3) is 0 Å². The molecule has 4 aromatic rings. The molecule has 0 amide bonds. The minimum atomic E-state index is -0.0767. The monoisotopic (exact) mass is 436 g/mol. The van der Waals surface area contributed by atoms with Crippen molar-refractivity contribution in [3.05, 3.63) is 120 Å². The molecule has 2 atom stereocenters. The minimum absolute atomic E-state index is 0.0767. The van der Waals surface area contributed by atoms with Gasteiger partial charge in [-0.3, -0.25) is 0 Å². The summed E-state index contributed by atoms with van der Waals surface area (Å²) in [5.74, 6) is 1.46. The van der Waals surface area contributed by atoms with Crippen LogP contribution in [0.25, 0.3) is 5.69 Å². The van der Waals surface area contributed by atoms with E-state index in [0.29, 0.717) is 5.92 Å². The van der Waals surface area contributed by atoms with Crippen LogP contribution in [0.2, 0.25) is 0 Å². The van der Waals surface area contributed by atoms with Gasteiger partial charge in [0.15, 0.2) is 0 Å². The lowest BCUT2D eigenvalue weighted by Crippen LogP contribution is -2.35. The first-order chi connectivity index (χ1) is 16.2. The Labute approximate surface area is 199 Å². The summed E-state index contributed by atoms with van der Waals surface area (Å²) in [4.78, 5) is 4.99. The highest BCUT2D eigenvalue weighted by Crippen LogP contribution is 2.44. The fourth-order valence-corrected chi connectivity index (χ4v) is 5.15. The average Bonchev–Trinajstić information content (AvgIpc) is 3.35. The minimum Gasteiger partial charge on any atom is -0.304 e. The van der Waals surface area contributed by atoms with Gasteiger partial charge in [0, 0.05) is 29.4 Å². The maximum absolute atomic E-state index is 4.99. The maximum atomic E-state index is 4.99. The Morgan fingerprint density at radius 2 is 1.42 bits per heavy atom. The van der Waals surface area contributed by atoms with Crippen LogP contribution in [0.1, 0.15) is 68.8 Å². The van der Waals surface area contributed by atoms with Crippen molar-refractivity contribution in [1.82, 2.24) is 9.55 Å². The fraction of sp³-hybridized carbons (Fsp3) is 0.323. The Bertz CT molecular complexity index is 1090. The average molecular weight is 437 g/mol. The van der Waals surface area contributed by atoms with E-state index in [-0.39, 0.29) is 5.41 Å². The molecular weight excluding hydrogens is 400 g/mol. The first-order valence-electron chi connectivity index (χ1n) is 12.4. The zero-order chi connectivity index (χ0) is 22.9. The third-order valence-corrected chi connectivity index (χ3v) is 6.98. The summed E-state index contributed by atoms with van der Waals surface area (Å²) < 4.78 is 2.30. The van der Waals surface area contributed by atoms with Crippen molar-refractivity contribution in [3.8, 4) is 5.69 Å². The Hall–Kier alpha value is -3.13. The lowest BCUT2D eigenvalue weighted by Gasteiger charge is -2.39. The molecule has 1 aromatic heterocycles. The number of rotatable bonds is 11. The van der Waals surface area contributed by atoms with Crippen LogP contribution >= 0.6 is 0 Å². The van der Waals surface area contributed by atoms with Crippen molar-refractivity contribution in [2.45, 2.75) is 63.7 Å². The van der Waals surface area contributed by atoms with E-state index in [2.05, 4.69) is 116 Å². The van der Waals surface area contributed by atoms with Crippen LogP contribution in [-0.2, 0) is 11.8 Å². The second-order valence-corrected chi connectivity index (χ2v) is 9.34. The van der Waals surface area contributed by atoms with Gasteiger partial charge in [0.05, 0.1) is 0 Å². The lowest BCUT2D eigenvalue weighted by atomic mass is 9.66. The third-order valence-electron chi connectivity index (χ3n) is 6.98. The highest BCUT2D eigenvalue weighted by Gasteiger charge is 2.39. The molecule has 0 saturated heterocycles. The second-order valence-electron chi connectivity index (χ2n) is 9.34. The summed E-state index contributed by atoms with van der Waals surface area (Å²) in [6, 6.07) is 32.7. The Morgan fingerprint density at radius 1 is 0.788 bits per heavy atom. The van der Waals surface area contributed by atoms with Crippen LogP contribution in [0.15, 0.2) is 103 Å². The van der Waals surface area contributed by atoms with Crippen molar-refractivity contribution >= 4 is 0 Å². The summed E-state index contributed by atoms with van der Waals surface area (Å²) in [6.45, 7) is 4.73. The van der Waals surface area contributed by atoms with E-state index in [4.69, 9.17) is 4.98 Å². The van der Waals surface area contributed by atoms with Crippen molar-refractivity contribution in [2.24, 2.45) is 0 Å². The normalized spacial score (nSPS) is 14.0. The second kappa shape index (κ2) is 11.1. The number of nitrogens with zero attached hydrogens (tertiary/aromatic N) is 2. The molecule has 0 aliphatic heterocycles. The van der Waals surface area contributed by atoms with E-state index in [1.165, 1.54) is 48.3 Å². The number of hydrogen-bond acceptors (Lipinski definition) is 1. The standard InChI is InChI=1S/C31H36N2/c1-3-4-5-15-22-29(30-32-23-24-33(30)28-20-13-8-14-21-28)31(2,27-18-11-7-12-19-27)25-26-16-9-6-10-17-26/h6-14,16-21,23-24,29H,3-5,15,22,25H2,1-2H3. The van der Waals surface area contributed by atoms with Crippen LogP contribution in [0, 0.1) is 0 Å². The van der Waals surface area contributed by atoms with E-state index >= 15 is 0 Å². The molecule has 2 heteroatoms. The number of hydrogen-bond donors (Lipinski definition) is 0. The molecular formula is C31H36N2. The van der Waals surface area contributed by atoms with Crippen molar-refractivity contribution < 1.29 is 0 Å². The number of benzene rings is 3. The molecule has 0 spiro atoms. The van der Waals surface area contributed by atoms with Gasteiger partial charge in [-0.05, 0) is 36.1 Å². The Balaban J connectivity index is 1.80. The first-order valence-corrected chi connectivity index (χ1v) is 12.4. The quantitative estimate of drug-likeness (QED) is 0.217. The number of para-hydroxylation sites is 1. The molecule has 4 rings (SSSR count). The van der Waals surface area contributed by atoms with E-state index in [1.807, 2.05) is 6.20 Å². The first kappa shape index (κ1) is 23.0. The van der Waals surface area contributed by atoms with Crippen LogP contribution in [0.4, 0.5) is 0 Å². The predicted octanol–water partition coefficient (Wildman–Crippen LogP) is 8.13. The van der Waals surface area contributed by atoms with Gasteiger partial charge in [0.1, 0.15) is 5.82 Å². The van der Waals surface area contributed by atoms with Crippen LogP contribution in [-0.4, -0.2) is 9.55 Å². The van der Waals surface area contributed by atoms with Gasteiger partial charge in [-0.15, -0.1) is 0 Å². The van der Waals surface area contributed by atoms with Gasteiger partial charge in [0.2, 0.25) is 0 Å². The maximum Gasteiger partial charge on any atom is 0.117 e. The molecule has 2 nitrogen and oxygen atoms in total. The molecule has 0 bridgehead atoms. The molecule has 2 unspecified atom stereocenters. The third kappa shape index (κ3) is 5.45. The zero-order valence-electron chi connectivity index (χ0n) is 20.0. The Morgan fingerprint density at radius 3 is 2.09 bits per heavy atom. The highest BCUT2D eigenvalue weighted by molar-refractivity contribution is 5.37. The van der Waals surface area contributed by atoms with Crippen molar-refractivity contribution in [3.63, 3.8) is 0 Å². The molecule has 0 aliphatic rings. The SMILES string of the molecule is CCCCCCC(c1nccn1-c1ccccc1)C(C)(Cc1ccccc1)c1ccccc1. The highest BCUT2D eigenvalue weighted by atomic mass is 15.1. The number of imidazole rings is 1. The molecule has 0 fully saturated rings. The number of aromatic nitrogens is 2. The molecule has 170 valence electrons. The number of unbranched alkanes of at least 4 members (excludes halogenated alkanes) is 3.